The minimum absolute atomic E-state index is 0.000354. The average molecular weight is 1390 g/mol. The summed E-state index contributed by atoms with van der Waals surface area (Å²) in [5.41, 5.74) is -0.190. The first kappa shape index (κ1) is 75.6. The number of fused-ring (bicyclic) bond motifs is 6. The van der Waals surface area contributed by atoms with Crippen molar-refractivity contribution < 1.29 is 117 Å². The van der Waals surface area contributed by atoms with E-state index in [2.05, 4.69) is 0 Å². The second-order valence-corrected chi connectivity index (χ2v) is 28.8. The van der Waals surface area contributed by atoms with E-state index in [0.29, 0.717) is 99.4 Å². The summed E-state index contributed by atoms with van der Waals surface area (Å²) in [5.74, 6) is -1.81. The lowest BCUT2D eigenvalue weighted by Crippen LogP contribution is -2.33. The molecule has 2 aliphatic rings. The summed E-state index contributed by atoms with van der Waals surface area (Å²) in [6.45, 7) is 7.24. The number of hydrogen-bond donors (Lipinski definition) is 1. The number of carboxylic acids is 1. The topological polar surface area (TPSA) is 403 Å². The molecule has 2 unspecified atom stereocenters. The molecule has 0 saturated heterocycles. The maximum absolute atomic E-state index is 12.8. The Bertz CT molecular complexity index is 4000. The molecule has 1 N–H and O–H groups in total. The third-order valence-corrected chi connectivity index (χ3v) is 19.6. The molecule has 32 heteroatoms. The second kappa shape index (κ2) is 33.8. The fraction of sp³-hybridized carbons (Fsp3) is 0.500. The van der Waals surface area contributed by atoms with Gasteiger partial charge in [-0.3, -0.25) is 4.79 Å². The summed E-state index contributed by atoms with van der Waals surface area (Å²) < 4.78 is 234. The van der Waals surface area contributed by atoms with Crippen molar-refractivity contribution in [3.63, 3.8) is 0 Å². The zero-order valence-electron chi connectivity index (χ0n) is 51.3. The van der Waals surface area contributed by atoms with Gasteiger partial charge in [0.1, 0.15) is 47.1 Å². The molecule has 2 atom stereocenters. The van der Waals surface area contributed by atoms with Crippen LogP contribution in [0.3, 0.4) is 0 Å². The molecule has 2 aliphatic heterocycles. The van der Waals surface area contributed by atoms with Crippen LogP contribution in [0.15, 0.2) is 116 Å². The highest BCUT2D eigenvalue weighted by atomic mass is 32.2. The van der Waals surface area contributed by atoms with E-state index in [-0.39, 0.29) is 119 Å². The summed E-state index contributed by atoms with van der Waals surface area (Å²) in [6.07, 6.45) is 12.5. The Morgan fingerprint density at radius 2 is 1.00 bits per heavy atom. The minimum Gasteiger partial charge on any atom is -0.748 e. The molecular weight excluding hydrogens is 1310 g/mol. The van der Waals surface area contributed by atoms with E-state index in [9.17, 15) is 74.8 Å². The van der Waals surface area contributed by atoms with Crippen LogP contribution >= 0.6 is 0 Å². The van der Waals surface area contributed by atoms with Crippen LogP contribution in [0.25, 0.3) is 21.5 Å². The van der Waals surface area contributed by atoms with Crippen LogP contribution in [-0.4, -0.2) is 212 Å². The van der Waals surface area contributed by atoms with Crippen molar-refractivity contribution >= 4 is 95.2 Å². The Morgan fingerprint density at radius 3 is 1.50 bits per heavy atom. The van der Waals surface area contributed by atoms with Gasteiger partial charge in [-0.25, -0.2) is 42.1 Å². The van der Waals surface area contributed by atoms with Gasteiger partial charge in [0.2, 0.25) is 5.69 Å². The molecule has 27 nitrogen and oxygen atoms in total. The van der Waals surface area contributed by atoms with Crippen molar-refractivity contribution in [3.8, 4) is 0 Å². The molecule has 0 saturated carbocycles. The van der Waals surface area contributed by atoms with Crippen molar-refractivity contribution in [1.82, 2.24) is 0 Å². The smallest absolute Gasteiger partial charge is 0.303 e. The summed E-state index contributed by atoms with van der Waals surface area (Å²) >= 11 is 0. The Labute approximate surface area is 537 Å². The van der Waals surface area contributed by atoms with Gasteiger partial charge < -0.3 is 70.7 Å². The van der Waals surface area contributed by atoms with Gasteiger partial charge in [0, 0.05) is 79.4 Å². The number of ether oxygens (including phenoxy) is 8. The van der Waals surface area contributed by atoms with Crippen LogP contribution in [0.5, 0.6) is 0 Å². The monoisotopic (exact) mass is 1380 g/mol. The summed E-state index contributed by atoms with van der Waals surface area (Å²) in [7, 11) is -23.3. The normalized spacial score (nSPS) is 17.9. The molecule has 0 amide bonds. The first-order chi connectivity index (χ1) is 43.4. The van der Waals surface area contributed by atoms with Gasteiger partial charge in [0.05, 0.1) is 114 Å². The number of hydrogen-bond acceptors (Lipinski definition) is 25. The third kappa shape index (κ3) is 20.5. The molecule has 510 valence electrons. The molecule has 92 heavy (non-hydrogen) atoms. The summed E-state index contributed by atoms with van der Waals surface area (Å²) in [5, 5.41) is 8.90. The van der Waals surface area contributed by atoms with Crippen molar-refractivity contribution in [3.05, 3.63) is 108 Å². The Balaban J connectivity index is 1.44. The van der Waals surface area contributed by atoms with E-state index in [1.807, 2.05) is 11.8 Å². The van der Waals surface area contributed by atoms with Crippen LogP contribution in [-0.2, 0) is 104 Å². The van der Waals surface area contributed by atoms with Crippen LogP contribution in [0, 0.1) is 0 Å². The SMILES string of the molecule is COCCOCCOCCOCC[N+]1=C(/C=C/C=C/C=C/C=C2/N(CCCCCC(=O)O)c3ccc4c(S(=O)(=O)[O-])cc(S(=O)(=O)[O-])cc4c3C2(C)CCOCCOCCOCCOC)C(C)(CCCS(=O)(=O)[O-])c2c1ccc1c(S(=O)(=O)[O-])cc(S(=O)(=O)[O-])cc21. The fourth-order valence-electron chi connectivity index (χ4n) is 11.3. The van der Waals surface area contributed by atoms with Gasteiger partial charge in [-0.1, -0.05) is 42.9 Å². The molecule has 2 heterocycles. The molecule has 0 radical (unpaired) electrons. The number of methoxy groups -OCH3 is 2. The minimum atomic E-state index is -5.43. The molecule has 0 aliphatic carbocycles. The van der Waals surface area contributed by atoms with Crippen molar-refractivity contribution in [2.45, 2.75) is 89.2 Å². The van der Waals surface area contributed by atoms with Crippen LogP contribution in [0.2, 0.25) is 0 Å². The van der Waals surface area contributed by atoms with E-state index in [0.717, 1.165) is 12.1 Å². The van der Waals surface area contributed by atoms with Crippen molar-refractivity contribution in [1.29, 1.82) is 0 Å². The number of benzene rings is 4. The number of carbonyl (C=O) groups is 1. The number of rotatable bonds is 42. The third-order valence-electron chi connectivity index (χ3n) is 15.5. The van der Waals surface area contributed by atoms with Gasteiger partial charge >= 0.3 is 5.97 Å². The molecule has 0 fully saturated rings. The zero-order chi connectivity index (χ0) is 67.5. The summed E-state index contributed by atoms with van der Waals surface area (Å²) in [6, 6.07) is 8.76. The lowest BCUT2D eigenvalue weighted by atomic mass is 9.74. The number of nitrogens with zero attached hydrogens (tertiary/aromatic N) is 2. The second-order valence-electron chi connectivity index (χ2n) is 21.8. The maximum atomic E-state index is 12.8. The highest BCUT2D eigenvalue weighted by Gasteiger charge is 2.49. The van der Waals surface area contributed by atoms with E-state index in [1.54, 1.807) is 74.3 Å². The van der Waals surface area contributed by atoms with Gasteiger partial charge in [-0.2, -0.15) is 4.58 Å². The largest absolute Gasteiger partial charge is 0.748 e. The predicted octanol–water partition coefficient (Wildman–Crippen LogP) is 5.05. The van der Waals surface area contributed by atoms with Gasteiger partial charge in [-0.15, -0.1) is 0 Å². The van der Waals surface area contributed by atoms with Gasteiger partial charge in [0.15, 0.2) is 12.3 Å². The quantitative estimate of drug-likeness (QED) is 0.0262. The number of allylic oxidation sites excluding steroid dienone is 8. The van der Waals surface area contributed by atoms with Crippen molar-refractivity contribution in [2.75, 3.05) is 130 Å². The van der Waals surface area contributed by atoms with E-state index in [1.165, 1.54) is 18.2 Å². The Kier molecular flexibility index (Phi) is 27.7. The fourth-order valence-corrected chi connectivity index (χ4v) is 14.4. The first-order valence-corrected chi connectivity index (χ1v) is 36.4. The average Bonchev–Trinajstić information content (AvgIpc) is 1.52. The van der Waals surface area contributed by atoms with Gasteiger partial charge in [0.25, 0.3) is 0 Å². The highest BCUT2D eigenvalue weighted by Crippen LogP contribution is 2.54. The molecule has 0 spiro atoms. The lowest BCUT2D eigenvalue weighted by Gasteiger charge is -2.31. The molecule has 4 aromatic carbocycles. The number of carboxylic acid groups (broad SMARTS) is 1. The molecule has 0 aromatic heterocycles. The van der Waals surface area contributed by atoms with E-state index < -0.39 is 92.7 Å². The molecule has 0 bridgehead atoms. The van der Waals surface area contributed by atoms with Gasteiger partial charge in [-0.05, 0) is 110 Å². The number of aliphatic carboxylic acids is 1. The predicted molar refractivity (Wildman–Crippen MR) is 330 cm³/mol. The van der Waals surface area contributed by atoms with Crippen LogP contribution in [0.1, 0.15) is 69.9 Å². The highest BCUT2D eigenvalue weighted by molar-refractivity contribution is 7.87. The maximum Gasteiger partial charge on any atom is 0.303 e. The first-order valence-electron chi connectivity index (χ1n) is 29.2. The Hall–Kier alpha value is -5.47. The summed E-state index contributed by atoms with van der Waals surface area (Å²) in [4.78, 5) is 9.50. The standard InChI is InChI=1S/C60H80N2O25S5/c1-59(21-13-39-88(65,66)67)54(62(24-26-83-32-34-87-38-36-85-30-28-81-4)51-20-18-46-48(57(51)59)40-44(89(68,69)70)42-52(46)91(74,75)76)14-9-6-5-7-10-15-55-60(2,22-25-82-31-33-86-37-35-84-29-27-80-3)58-49-41-45(90(71,72)73)43-53(92(77,78)79)47(49)17-19-50(58)61(55)23-12-8-11-16-56(63)64/h5-7,9-10,14-15,17-20,40-43H,8,11-13,16,21-39H2,1-4H3,(H5-,63,64,65,66,67,68,69,70,71,72,73,74,75,76,77,78,79)/p-4. The van der Waals surface area contributed by atoms with Crippen molar-refractivity contribution in [2.24, 2.45) is 0 Å². The van der Waals surface area contributed by atoms with Crippen LogP contribution in [0.4, 0.5) is 11.4 Å². The molecule has 4 aromatic rings. The van der Waals surface area contributed by atoms with Crippen LogP contribution < -0.4 is 4.90 Å². The molecular formula is C60H76N2O25S5-4. The Morgan fingerprint density at radius 1 is 0.522 bits per heavy atom. The lowest BCUT2D eigenvalue weighted by molar-refractivity contribution is -0.442. The number of anilines is 1. The molecule has 6 rings (SSSR count). The van der Waals surface area contributed by atoms with E-state index >= 15 is 0 Å². The number of unbranched alkanes of at least 4 members (excludes halogenated alkanes) is 2. The van der Waals surface area contributed by atoms with E-state index in [4.69, 9.17) is 37.9 Å². The zero-order valence-corrected chi connectivity index (χ0v) is 55.4.